The summed E-state index contributed by atoms with van der Waals surface area (Å²) in [6.07, 6.45) is 4.97. The monoisotopic (exact) mass is 420 g/mol. The minimum absolute atomic E-state index is 0.0631. The van der Waals surface area contributed by atoms with Crippen molar-refractivity contribution in [1.29, 1.82) is 0 Å². The molecular weight excluding hydrogens is 392 g/mol. The van der Waals surface area contributed by atoms with Gasteiger partial charge in [0.05, 0.1) is 26.4 Å². The number of allylic oxidation sites excluding steroid dienone is 1. The molecule has 1 unspecified atom stereocenters. The van der Waals surface area contributed by atoms with Gasteiger partial charge in [-0.3, -0.25) is 9.69 Å². The highest BCUT2D eigenvalue weighted by atomic mass is 16.5. The van der Waals surface area contributed by atoms with Gasteiger partial charge in [0, 0.05) is 54.4 Å². The fourth-order valence-electron chi connectivity index (χ4n) is 3.94. The van der Waals surface area contributed by atoms with Crippen molar-refractivity contribution in [3.05, 3.63) is 71.9 Å². The molecular formula is C25H28N2O4. The maximum absolute atomic E-state index is 12.6. The number of ketones is 1. The molecule has 2 heterocycles. The van der Waals surface area contributed by atoms with E-state index < -0.39 is 6.10 Å². The molecule has 0 saturated carbocycles. The summed E-state index contributed by atoms with van der Waals surface area (Å²) in [7, 11) is 1.60. The Morgan fingerprint density at radius 3 is 2.61 bits per heavy atom. The standard InChI is InChI=1S/C25H28N2O4/c1-30-22-9-6-19(7-10-22)25(29)11-8-20-16-27(24-5-3-2-4-23(20)24)18-21(28)17-26-12-14-31-15-13-26/h2-11,16,21,28H,12-15,17-18H2,1H3. The Bertz CT molecular complexity index is 1050. The number of rotatable bonds is 8. The minimum Gasteiger partial charge on any atom is -0.497 e. The van der Waals surface area contributed by atoms with Crippen molar-refractivity contribution in [3.8, 4) is 5.75 Å². The maximum Gasteiger partial charge on any atom is 0.185 e. The first-order chi connectivity index (χ1) is 15.1. The number of methoxy groups -OCH3 is 1. The highest BCUT2D eigenvalue weighted by Crippen LogP contribution is 2.23. The summed E-state index contributed by atoms with van der Waals surface area (Å²) < 4.78 is 12.6. The molecule has 0 radical (unpaired) electrons. The second-order valence-corrected chi connectivity index (χ2v) is 7.75. The van der Waals surface area contributed by atoms with E-state index in [4.69, 9.17) is 9.47 Å². The van der Waals surface area contributed by atoms with Crippen LogP contribution in [-0.2, 0) is 11.3 Å². The van der Waals surface area contributed by atoms with Crippen molar-refractivity contribution < 1.29 is 19.4 Å². The molecule has 0 bridgehead atoms. The number of carbonyl (C=O) groups is 1. The second kappa shape index (κ2) is 9.92. The lowest BCUT2D eigenvalue weighted by Crippen LogP contribution is -2.41. The van der Waals surface area contributed by atoms with Crippen LogP contribution in [0, 0.1) is 0 Å². The van der Waals surface area contributed by atoms with Gasteiger partial charge < -0.3 is 19.1 Å². The lowest BCUT2D eigenvalue weighted by molar-refractivity contribution is 0.0117. The molecule has 1 aromatic heterocycles. The summed E-state index contributed by atoms with van der Waals surface area (Å²) in [5.41, 5.74) is 2.61. The van der Waals surface area contributed by atoms with Crippen LogP contribution in [0.15, 0.2) is 60.8 Å². The molecule has 0 spiro atoms. The predicted molar refractivity (Wildman–Crippen MR) is 122 cm³/mol. The molecule has 6 heteroatoms. The number of fused-ring (bicyclic) bond motifs is 1. The number of carbonyl (C=O) groups excluding carboxylic acids is 1. The third-order valence-corrected chi connectivity index (χ3v) is 5.59. The van der Waals surface area contributed by atoms with Crippen molar-refractivity contribution in [2.75, 3.05) is 40.0 Å². The quantitative estimate of drug-likeness (QED) is 0.448. The zero-order valence-corrected chi connectivity index (χ0v) is 17.7. The van der Waals surface area contributed by atoms with E-state index in [1.165, 1.54) is 0 Å². The van der Waals surface area contributed by atoms with Gasteiger partial charge in [0.2, 0.25) is 0 Å². The number of hydrogen-bond acceptors (Lipinski definition) is 5. The fourth-order valence-corrected chi connectivity index (χ4v) is 3.94. The molecule has 0 aliphatic carbocycles. The van der Waals surface area contributed by atoms with Crippen molar-refractivity contribution in [3.63, 3.8) is 0 Å². The van der Waals surface area contributed by atoms with Crippen LogP contribution >= 0.6 is 0 Å². The maximum atomic E-state index is 12.6. The molecule has 1 saturated heterocycles. The Hall–Kier alpha value is -2.93. The number of aliphatic hydroxyl groups excluding tert-OH is 1. The molecule has 1 N–H and O–H groups in total. The zero-order valence-electron chi connectivity index (χ0n) is 17.7. The summed E-state index contributed by atoms with van der Waals surface area (Å²) in [5.74, 6) is 0.658. The number of aromatic nitrogens is 1. The zero-order chi connectivity index (χ0) is 21.6. The summed E-state index contributed by atoms with van der Waals surface area (Å²) >= 11 is 0. The average molecular weight is 421 g/mol. The van der Waals surface area contributed by atoms with Crippen LogP contribution in [0.5, 0.6) is 5.75 Å². The third-order valence-electron chi connectivity index (χ3n) is 5.59. The van der Waals surface area contributed by atoms with Gasteiger partial charge in [0.1, 0.15) is 5.75 Å². The van der Waals surface area contributed by atoms with Gasteiger partial charge in [-0.05, 0) is 42.5 Å². The van der Waals surface area contributed by atoms with Gasteiger partial charge in [0.25, 0.3) is 0 Å². The van der Waals surface area contributed by atoms with Crippen LogP contribution in [0.25, 0.3) is 17.0 Å². The van der Waals surface area contributed by atoms with Crippen LogP contribution in [-0.4, -0.2) is 66.4 Å². The lowest BCUT2D eigenvalue weighted by atomic mass is 10.1. The van der Waals surface area contributed by atoms with E-state index >= 15 is 0 Å². The molecule has 4 rings (SSSR count). The molecule has 1 aliphatic rings. The molecule has 1 atom stereocenters. The van der Waals surface area contributed by atoms with E-state index in [-0.39, 0.29) is 5.78 Å². The Balaban J connectivity index is 1.50. The predicted octanol–water partition coefficient (Wildman–Crippen LogP) is 3.24. The number of ether oxygens (including phenoxy) is 2. The van der Waals surface area contributed by atoms with Gasteiger partial charge >= 0.3 is 0 Å². The van der Waals surface area contributed by atoms with Gasteiger partial charge in [-0.2, -0.15) is 0 Å². The Kier molecular flexibility index (Phi) is 6.82. The highest BCUT2D eigenvalue weighted by molar-refractivity contribution is 6.07. The number of hydrogen-bond donors (Lipinski definition) is 1. The van der Waals surface area contributed by atoms with Crippen molar-refractivity contribution in [2.45, 2.75) is 12.6 Å². The van der Waals surface area contributed by atoms with E-state index in [1.807, 2.05) is 36.5 Å². The van der Waals surface area contributed by atoms with E-state index in [2.05, 4.69) is 9.47 Å². The van der Waals surface area contributed by atoms with Crippen LogP contribution in [0.1, 0.15) is 15.9 Å². The van der Waals surface area contributed by atoms with E-state index in [1.54, 1.807) is 37.5 Å². The van der Waals surface area contributed by atoms with Gasteiger partial charge in [-0.1, -0.05) is 18.2 Å². The average Bonchev–Trinajstić information content (AvgIpc) is 3.15. The summed E-state index contributed by atoms with van der Waals surface area (Å²) in [4.78, 5) is 14.8. The lowest BCUT2D eigenvalue weighted by Gasteiger charge is -2.28. The number of para-hydroxylation sites is 1. The molecule has 0 amide bonds. The summed E-state index contributed by atoms with van der Waals surface area (Å²) in [5, 5.41) is 11.7. The number of benzene rings is 2. The second-order valence-electron chi connectivity index (χ2n) is 7.75. The van der Waals surface area contributed by atoms with Crippen molar-refractivity contribution >= 4 is 22.8 Å². The van der Waals surface area contributed by atoms with Crippen LogP contribution in [0.4, 0.5) is 0 Å². The molecule has 31 heavy (non-hydrogen) atoms. The number of β-amino-alcohol motifs (C(OH)–C–C–N with tert-alkyl or cyclic N) is 1. The van der Waals surface area contributed by atoms with E-state index in [0.717, 1.165) is 48.5 Å². The molecule has 162 valence electrons. The molecule has 3 aromatic rings. The SMILES string of the molecule is COc1ccc(C(=O)C=Cc2cn(CC(O)CN3CCOCC3)c3ccccc23)cc1. The van der Waals surface area contributed by atoms with E-state index in [9.17, 15) is 9.90 Å². The number of nitrogens with zero attached hydrogens (tertiary/aromatic N) is 2. The van der Waals surface area contributed by atoms with E-state index in [0.29, 0.717) is 18.7 Å². The Morgan fingerprint density at radius 2 is 1.87 bits per heavy atom. The van der Waals surface area contributed by atoms with Crippen LogP contribution in [0.2, 0.25) is 0 Å². The van der Waals surface area contributed by atoms with Crippen LogP contribution in [0.3, 0.4) is 0 Å². The first kappa shape index (κ1) is 21.3. The topological polar surface area (TPSA) is 63.9 Å². The summed E-state index contributed by atoms with van der Waals surface area (Å²) in [6.45, 7) is 4.26. The van der Waals surface area contributed by atoms with Crippen molar-refractivity contribution in [1.82, 2.24) is 9.47 Å². The molecule has 1 fully saturated rings. The largest absolute Gasteiger partial charge is 0.497 e. The fraction of sp³-hybridized carbons (Fsp3) is 0.320. The van der Waals surface area contributed by atoms with Gasteiger partial charge in [0.15, 0.2) is 5.78 Å². The van der Waals surface area contributed by atoms with Crippen molar-refractivity contribution in [2.24, 2.45) is 0 Å². The third kappa shape index (κ3) is 5.22. The first-order valence-corrected chi connectivity index (χ1v) is 10.6. The van der Waals surface area contributed by atoms with Gasteiger partial charge in [-0.25, -0.2) is 0 Å². The molecule has 6 nitrogen and oxygen atoms in total. The van der Waals surface area contributed by atoms with Gasteiger partial charge in [-0.15, -0.1) is 0 Å². The highest BCUT2D eigenvalue weighted by Gasteiger charge is 2.16. The normalized spacial score (nSPS) is 16.1. The summed E-state index contributed by atoms with van der Waals surface area (Å²) in [6, 6.07) is 15.1. The first-order valence-electron chi connectivity index (χ1n) is 10.6. The molecule has 2 aromatic carbocycles. The smallest absolute Gasteiger partial charge is 0.185 e. The minimum atomic E-state index is -0.480. The molecule has 1 aliphatic heterocycles. The number of morpholine rings is 1. The van der Waals surface area contributed by atoms with Crippen LogP contribution < -0.4 is 4.74 Å². The Morgan fingerprint density at radius 1 is 1.13 bits per heavy atom. The number of aliphatic hydroxyl groups is 1. The Labute approximate surface area is 182 Å².